The molecule has 0 aliphatic heterocycles. The number of aromatic nitrogens is 2. The van der Waals surface area contributed by atoms with Crippen molar-refractivity contribution in [1.82, 2.24) is 14.9 Å². The van der Waals surface area contributed by atoms with Gasteiger partial charge in [0.2, 0.25) is 0 Å². The number of carbonyl (C=O) groups excluding carboxylic acids is 1. The fraction of sp³-hybridized carbons (Fsp3) is 0.556. The van der Waals surface area contributed by atoms with E-state index in [4.69, 9.17) is 9.84 Å². The largest absolute Gasteiger partial charge is 0.462 e. The van der Waals surface area contributed by atoms with Crippen LogP contribution < -0.4 is 4.72 Å². The van der Waals surface area contributed by atoms with E-state index in [2.05, 4.69) is 14.9 Å². The minimum Gasteiger partial charge on any atom is -0.462 e. The Balaban J connectivity index is 2.96. The number of hydrogen-bond donors (Lipinski definition) is 3. The highest BCUT2D eigenvalue weighted by Gasteiger charge is 2.25. The fourth-order valence-electron chi connectivity index (χ4n) is 1.14. The summed E-state index contributed by atoms with van der Waals surface area (Å²) in [4.78, 5) is 11.5. The molecular formula is C9H15N3O5S. The molecule has 1 atom stereocenters. The summed E-state index contributed by atoms with van der Waals surface area (Å²) in [7, 11) is -3.93. The van der Waals surface area contributed by atoms with Gasteiger partial charge in [-0.2, -0.15) is 5.10 Å². The predicted octanol–water partition coefficient (Wildman–Crippen LogP) is -0.754. The lowest BCUT2D eigenvalue weighted by molar-refractivity contribution is 0.0522. The summed E-state index contributed by atoms with van der Waals surface area (Å²) in [5.74, 6) is -0.774. The van der Waals surface area contributed by atoms with E-state index in [0.717, 1.165) is 6.20 Å². The van der Waals surface area contributed by atoms with Crippen molar-refractivity contribution in [2.24, 2.45) is 0 Å². The van der Waals surface area contributed by atoms with Crippen LogP contribution in [0.4, 0.5) is 0 Å². The molecule has 9 heteroatoms. The highest BCUT2D eigenvalue weighted by molar-refractivity contribution is 7.89. The molecular weight excluding hydrogens is 262 g/mol. The van der Waals surface area contributed by atoms with Crippen LogP contribution in [0.5, 0.6) is 0 Å². The van der Waals surface area contributed by atoms with Crippen LogP contribution >= 0.6 is 0 Å². The van der Waals surface area contributed by atoms with Gasteiger partial charge in [-0.3, -0.25) is 5.10 Å². The number of carbonyl (C=O) groups is 1. The molecule has 0 amide bonds. The molecule has 0 aliphatic carbocycles. The van der Waals surface area contributed by atoms with Gasteiger partial charge in [0, 0.05) is 6.54 Å². The number of hydrogen-bond acceptors (Lipinski definition) is 6. The zero-order valence-electron chi connectivity index (χ0n) is 10.0. The molecule has 18 heavy (non-hydrogen) atoms. The van der Waals surface area contributed by atoms with E-state index in [-0.39, 0.29) is 23.7 Å². The minimum atomic E-state index is -3.93. The number of H-pyrrole nitrogens is 1. The van der Waals surface area contributed by atoms with Crippen LogP contribution in [0.25, 0.3) is 0 Å². The Morgan fingerprint density at radius 2 is 2.33 bits per heavy atom. The molecule has 0 aliphatic rings. The number of ether oxygens (including phenoxy) is 1. The molecule has 8 nitrogen and oxygen atoms in total. The lowest BCUT2D eigenvalue weighted by Crippen LogP contribution is -2.31. The quantitative estimate of drug-likeness (QED) is 0.588. The number of rotatable bonds is 6. The van der Waals surface area contributed by atoms with Gasteiger partial charge in [-0.05, 0) is 13.8 Å². The number of aliphatic hydroxyl groups excluding tert-OH is 1. The first-order valence-corrected chi connectivity index (χ1v) is 6.75. The topological polar surface area (TPSA) is 121 Å². The first kappa shape index (κ1) is 14.6. The van der Waals surface area contributed by atoms with Crippen molar-refractivity contribution in [2.75, 3.05) is 13.2 Å². The summed E-state index contributed by atoms with van der Waals surface area (Å²) in [5.41, 5.74) is -0.171. The van der Waals surface area contributed by atoms with Crippen molar-refractivity contribution in [2.45, 2.75) is 25.0 Å². The van der Waals surface area contributed by atoms with E-state index in [9.17, 15) is 13.2 Å². The summed E-state index contributed by atoms with van der Waals surface area (Å²) >= 11 is 0. The fourth-order valence-corrected chi connectivity index (χ4v) is 2.34. The number of sulfonamides is 1. The third kappa shape index (κ3) is 3.52. The Morgan fingerprint density at radius 3 is 2.89 bits per heavy atom. The second-order valence-electron chi connectivity index (χ2n) is 3.53. The summed E-state index contributed by atoms with van der Waals surface area (Å²) < 4.78 is 30.5. The molecule has 0 saturated carbocycles. The maximum Gasteiger partial charge on any atom is 0.342 e. The van der Waals surface area contributed by atoms with Crippen molar-refractivity contribution in [1.29, 1.82) is 0 Å². The zero-order chi connectivity index (χ0) is 13.8. The van der Waals surface area contributed by atoms with Crippen LogP contribution in [0.1, 0.15) is 24.2 Å². The summed E-state index contributed by atoms with van der Waals surface area (Å²) in [6.45, 7) is 3.01. The predicted molar refractivity (Wildman–Crippen MR) is 61.4 cm³/mol. The third-order valence-corrected chi connectivity index (χ3v) is 3.33. The number of esters is 1. The van der Waals surface area contributed by atoms with Crippen molar-refractivity contribution in [3.05, 3.63) is 11.8 Å². The van der Waals surface area contributed by atoms with Crippen LogP contribution in [-0.2, 0) is 14.8 Å². The minimum absolute atomic E-state index is 0.130. The highest BCUT2D eigenvalue weighted by atomic mass is 32.2. The van der Waals surface area contributed by atoms with Gasteiger partial charge in [0.05, 0.1) is 18.9 Å². The van der Waals surface area contributed by atoms with Gasteiger partial charge in [0.1, 0.15) is 5.56 Å². The third-order valence-electron chi connectivity index (χ3n) is 1.94. The maximum atomic E-state index is 11.8. The van der Waals surface area contributed by atoms with E-state index >= 15 is 0 Å². The molecule has 0 saturated heterocycles. The Bertz CT molecular complexity index is 508. The van der Waals surface area contributed by atoms with Crippen LogP contribution in [0.2, 0.25) is 0 Å². The van der Waals surface area contributed by atoms with Gasteiger partial charge < -0.3 is 9.84 Å². The van der Waals surface area contributed by atoms with Crippen LogP contribution in [-0.4, -0.2) is 48.9 Å². The average Bonchev–Trinajstić information content (AvgIpc) is 2.76. The molecule has 0 spiro atoms. The molecule has 1 rings (SSSR count). The van der Waals surface area contributed by atoms with Crippen molar-refractivity contribution < 1.29 is 23.1 Å². The second kappa shape index (κ2) is 5.94. The SMILES string of the molecule is CCOC(=O)c1cn[nH]c1S(=O)(=O)NCC(C)O. The van der Waals surface area contributed by atoms with Crippen LogP contribution in [0.15, 0.2) is 11.2 Å². The van der Waals surface area contributed by atoms with Crippen molar-refractivity contribution in [3.63, 3.8) is 0 Å². The Morgan fingerprint density at radius 1 is 1.67 bits per heavy atom. The Labute approximate surface area is 104 Å². The van der Waals surface area contributed by atoms with E-state index in [1.165, 1.54) is 6.92 Å². The standard InChI is InChI=1S/C9H15N3O5S/c1-3-17-9(14)7-5-10-12-8(7)18(15,16)11-4-6(2)13/h5-6,11,13H,3-4H2,1-2H3,(H,10,12). The molecule has 0 radical (unpaired) electrons. The van der Waals surface area contributed by atoms with E-state index in [0.29, 0.717) is 0 Å². The number of nitrogens with zero attached hydrogens (tertiary/aromatic N) is 1. The lowest BCUT2D eigenvalue weighted by atomic mass is 10.4. The van der Waals surface area contributed by atoms with Crippen molar-refractivity contribution in [3.8, 4) is 0 Å². The molecule has 1 aromatic rings. The van der Waals surface area contributed by atoms with Crippen LogP contribution in [0, 0.1) is 0 Å². The number of nitrogens with one attached hydrogen (secondary N) is 2. The first-order chi connectivity index (χ1) is 8.38. The van der Waals surface area contributed by atoms with Gasteiger partial charge in [-0.15, -0.1) is 0 Å². The number of aliphatic hydroxyl groups is 1. The van der Waals surface area contributed by atoms with Gasteiger partial charge in [-0.25, -0.2) is 17.9 Å². The van der Waals surface area contributed by atoms with Gasteiger partial charge in [-0.1, -0.05) is 0 Å². The van der Waals surface area contributed by atoms with Gasteiger partial charge in [0.15, 0.2) is 5.03 Å². The Kier molecular flexibility index (Phi) is 4.82. The molecule has 1 unspecified atom stereocenters. The van der Waals surface area contributed by atoms with Gasteiger partial charge >= 0.3 is 5.97 Å². The van der Waals surface area contributed by atoms with Crippen molar-refractivity contribution >= 4 is 16.0 Å². The monoisotopic (exact) mass is 277 g/mol. The maximum absolute atomic E-state index is 11.8. The zero-order valence-corrected chi connectivity index (χ0v) is 10.8. The lowest BCUT2D eigenvalue weighted by Gasteiger charge is -2.08. The molecule has 0 fully saturated rings. The molecule has 1 aromatic heterocycles. The van der Waals surface area contributed by atoms with Gasteiger partial charge in [0.25, 0.3) is 10.0 Å². The first-order valence-electron chi connectivity index (χ1n) is 5.26. The van der Waals surface area contributed by atoms with Crippen LogP contribution in [0.3, 0.4) is 0 Å². The molecule has 102 valence electrons. The Hall–Kier alpha value is -1.45. The highest BCUT2D eigenvalue weighted by Crippen LogP contribution is 2.12. The second-order valence-corrected chi connectivity index (χ2v) is 5.24. The van der Waals surface area contributed by atoms with E-state index in [1.807, 2.05) is 0 Å². The molecule has 3 N–H and O–H groups in total. The smallest absolute Gasteiger partial charge is 0.342 e. The summed E-state index contributed by atoms with van der Waals surface area (Å²) in [6.07, 6.45) is 0.239. The number of aromatic amines is 1. The van der Waals surface area contributed by atoms with E-state index < -0.39 is 22.1 Å². The summed E-state index contributed by atoms with van der Waals surface area (Å²) in [5, 5.41) is 14.4. The normalized spacial score (nSPS) is 13.3. The molecule has 1 heterocycles. The molecule has 0 aromatic carbocycles. The summed E-state index contributed by atoms with van der Waals surface area (Å²) in [6, 6.07) is 0. The molecule has 0 bridgehead atoms. The average molecular weight is 277 g/mol. The van der Waals surface area contributed by atoms with E-state index in [1.54, 1.807) is 6.92 Å².